The molecule has 1 aromatic heterocycles. The largest absolute Gasteiger partial charge is 0.494 e. The van der Waals surface area contributed by atoms with Gasteiger partial charge in [0.15, 0.2) is 0 Å². The number of rotatable bonds is 4. The van der Waals surface area contributed by atoms with Crippen molar-refractivity contribution in [2.24, 2.45) is 0 Å². The molecule has 1 aromatic carbocycles. The molecule has 3 heteroatoms. The van der Waals surface area contributed by atoms with Gasteiger partial charge in [-0.3, -0.25) is 0 Å². The fraction of sp³-hybridized carbons (Fsp3) is 0.214. The summed E-state index contributed by atoms with van der Waals surface area (Å²) >= 11 is 0. The number of nitrogen functional groups attached to an aromatic ring is 1. The van der Waals surface area contributed by atoms with Gasteiger partial charge in [0.05, 0.1) is 12.3 Å². The lowest BCUT2D eigenvalue weighted by atomic mass is 10.1. The number of aromatic nitrogens is 1. The predicted molar refractivity (Wildman–Crippen MR) is 69.9 cm³/mol. The molecule has 0 amide bonds. The summed E-state index contributed by atoms with van der Waals surface area (Å²) in [4.78, 5) is 4.27. The first-order valence-corrected chi connectivity index (χ1v) is 5.75. The van der Waals surface area contributed by atoms with E-state index in [0.717, 1.165) is 30.0 Å². The van der Waals surface area contributed by atoms with E-state index in [4.69, 9.17) is 10.5 Å². The molecular formula is C14H16N2O. The number of pyridine rings is 1. The van der Waals surface area contributed by atoms with Crippen LogP contribution in [-0.2, 0) is 0 Å². The van der Waals surface area contributed by atoms with Gasteiger partial charge in [0.1, 0.15) is 11.6 Å². The zero-order valence-corrected chi connectivity index (χ0v) is 9.89. The molecule has 0 fully saturated rings. The van der Waals surface area contributed by atoms with Crippen LogP contribution in [0.4, 0.5) is 5.82 Å². The van der Waals surface area contributed by atoms with Crippen LogP contribution < -0.4 is 10.5 Å². The third kappa shape index (κ3) is 2.97. The van der Waals surface area contributed by atoms with E-state index in [1.807, 2.05) is 36.4 Å². The quantitative estimate of drug-likeness (QED) is 0.874. The normalized spacial score (nSPS) is 10.2. The number of hydrogen-bond acceptors (Lipinski definition) is 3. The second-order valence-corrected chi connectivity index (χ2v) is 3.82. The summed E-state index contributed by atoms with van der Waals surface area (Å²) in [5, 5.41) is 0. The highest BCUT2D eigenvalue weighted by Gasteiger charge is 2.00. The van der Waals surface area contributed by atoms with Gasteiger partial charge in [-0.15, -0.1) is 0 Å². The Morgan fingerprint density at radius 1 is 1.12 bits per heavy atom. The SMILES string of the molecule is CCCOc1ccc(-c2cccc(N)n2)cc1. The fourth-order valence-corrected chi connectivity index (χ4v) is 1.55. The van der Waals surface area contributed by atoms with Crippen LogP contribution in [0.5, 0.6) is 5.75 Å². The van der Waals surface area contributed by atoms with Gasteiger partial charge in [-0.25, -0.2) is 4.98 Å². The molecule has 0 aliphatic heterocycles. The average Bonchev–Trinajstić information content (AvgIpc) is 2.37. The zero-order chi connectivity index (χ0) is 12.1. The van der Waals surface area contributed by atoms with Gasteiger partial charge in [-0.1, -0.05) is 13.0 Å². The van der Waals surface area contributed by atoms with Crippen LogP contribution >= 0.6 is 0 Å². The average molecular weight is 228 g/mol. The first-order chi connectivity index (χ1) is 8.29. The lowest BCUT2D eigenvalue weighted by Crippen LogP contribution is -1.95. The number of nitrogens with two attached hydrogens (primary N) is 1. The van der Waals surface area contributed by atoms with Crippen molar-refractivity contribution in [3.8, 4) is 17.0 Å². The van der Waals surface area contributed by atoms with Gasteiger partial charge in [0.25, 0.3) is 0 Å². The number of ether oxygens (including phenoxy) is 1. The Balaban J connectivity index is 2.17. The molecule has 0 atom stereocenters. The first-order valence-electron chi connectivity index (χ1n) is 5.75. The van der Waals surface area contributed by atoms with E-state index in [9.17, 15) is 0 Å². The molecule has 17 heavy (non-hydrogen) atoms. The molecular weight excluding hydrogens is 212 g/mol. The highest BCUT2D eigenvalue weighted by molar-refractivity contribution is 5.61. The van der Waals surface area contributed by atoms with Gasteiger partial charge in [-0.05, 0) is 42.8 Å². The van der Waals surface area contributed by atoms with Crippen LogP contribution in [0.15, 0.2) is 42.5 Å². The van der Waals surface area contributed by atoms with Gasteiger partial charge < -0.3 is 10.5 Å². The topological polar surface area (TPSA) is 48.1 Å². The minimum Gasteiger partial charge on any atom is -0.494 e. The number of benzene rings is 1. The molecule has 0 spiro atoms. The van der Waals surface area contributed by atoms with E-state index in [2.05, 4.69) is 11.9 Å². The van der Waals surface area contributed by atoms with E-state index in [-0.39, 0.29) is 0 Å². The Morgan fingerprint density at radius 2 is 1.88 bits per heavy atom. The summed E-state index contributed by atoms with van der Waals surface area (Å²) in [5.74, 6) is 1.42. The summed E-state index contributed by atoms with van der Waals surface area (Å²) in [6.07, 6.45) is 1.01. The Morgan fingerprint density at radius 3 is 2.53 bits per heavy atom. The molecule has 2 N–H and O–H groups in total. The van der Waals surface area contributed by atoms with Crippen LogP contribution in [0.25, 0.3) is 11.3 Å². The van der Waals surface area contributed by atoms with E-state index < -0.39 is 0 Å². The predicted octanol–water partition coefficient (Wildman–Crippen LogP) is 3.12. The maximum Gasteiger partial charge on any atom is 0.124 e. The standard InChI is InChI=1S/C14H16N2O/c1-2-10-17-12-8-6-11(7-9-12)13-4-3-5-14(15)16-13/h3-9H,2,10H2,1H3,(H2,15,16). The highest BCUT2D eigenvalue weighted by Crippen LogP contribution is 2.21. The second kappa shape index (κ2) is 5.34. The molecule has 0 aliphatic rings. The van der Waals surface area contributed by atoms with E-state index in [1.165, 1.54) is 0 Å². The Kier molecular flexibility index (Phi) is 3.60. The highest BCUT2D eigenvalue weighted by atomic mass is 16.5. The van der Waals surface area contributed by atoms with Crippen molar-refractivity contribution in [3.05, 3.63) is 42.5 Å². The second-order valence-electron chi connectivity index (χ2n) is 3.82. The molecule has 0 saturated heterocycles. The monoisotopic (exact) mass is 228 g/mol. The summed E-state index contributed by atoms with van der Waals surface area (Å²) in [6.45, 7) is 2.83. The maximum atomic E-state index is 5.66. The molecule has 0 radical (unpaired) electrons. The molecule has 0 aliphatic carbocycles. The van der Waals surface area contributed by atoms with E-state index >= 15 is 0 Å². The summed E-state index contributed by atoms with van der Waals surface area (Å²) < 4.78 is 5.52. The summed E-state index contributed by atoms with van der Waals surface area (Å²) in [7, 11) is 0. The molecule has 2 aromatic rings. The third-order valence-electron chi connectivity index (χ3n) is 2.39. The smallest absolute Gasteiger partial charge is 0.124 e. The molecule has 1 heterocycles. The Labute approximate surface area is 101 Å². The van der Waals surface area contributed by atoms with Crippen molar-refractivity contribution >= 4 is 5.82 Å². The molecule has 3 nitrogen and oxygen atoms in total. The number of anilines is 1. The lowest BCUT2D eigenvalue weighted by Gasteiger charge is -2.06. The van der Waals surface area contributed by atoms with E-state index in [0.29, 0.717) is 5.82 Å². The summed E-state index contributed by atoms with van der Waals surface area (Å²) in [6, 6.07) is 13.5. The molecule has 0 bridgehead atoms. The Bertz CT molecular complexity index is 480. The van der Waals surface area contributed by atoms with Crippen molar-refractivity contribution in [1.29, 1.82) is 0 Å². The molecule has 0 saturated carbocycles. The van der Waals surface area contributed by atoms with Crippen molar-refractivity contribution in [3.63, 3.8) is 0 Å². The Hall–Kier alpha value is -2.03. The van der Waals surface area contributed by atoms with Crippen LogP contribution in [-0.4, -0.2) is 11.6 Å². The molecule has 88 valence electrons. The van der Waals surface area contributed by atoms with E-state index in [1.54, 1.807) is 6.07 Å². The van der Waals surface area contributed by atoms with Gasteiger partial charge in [0.2, 0.25) is 0 Å². The number of hydrogen-bond donors (Lipinski definition) is 1. The van der Waals surface area contributed by atoms with Crippen LogP contribution in [0.1, 0.15) is 13.3 Å². The maximum absolute atomic E-state index is 5.66. The van der Waals surface area contributed by atoms with Crippen molar-refractivity contribution < 1.29 is 4.74 Å². The van der Waals surface area contributed by atoms with Crippen molar-refractivity contribution in [1.82, 2.24) is 4.98 Å². The van der Waals surface area contributed by atoms with Gasteiger partial charge in [0, 0.05) is 5.56 Å². The van der Waals surface area contributed by atoms with Crippen molar-refractivity contribution in [2.75, 3.05) is 12.3 Å². The van der Waals surface area contributed by atoms with Gasteiger partial charge >= 0.3 is 0 Å². The molecule has 0 unspecified atom stereocenters. The summed E-state index contributed by atoms with van der Waals surface area (Å²) in [5.41, 5.74) is 7.58. The third-order valence-corrected chi connectivity index (χ3v) is 2.39. The van der Waals surface area contributed by atoms with Crippen LogP contribution in [0, 0.1) is 0 Å². The molecule has 2 rings (SSSR count). The fourth-order valence-electron chi connectivity index (χ4n) is 1.55. The zero-order valence-electron chi connectivity index (χ0n) is 9.89. The lowest BCUT2D eigenvalue weighted by molar-refractivity contribution is 0.317. The van der Waals surface area contributed by atoms with Crippen molar-refractivity contribution in [2.45, 2.75) is 13.3 Å². The first kappa shape index (κ1) is 11.5. The minimum atomic E-state index is 0.536. The minimum absolute atomic E-state index is 0.536. The number of nitrogens with zero attached hydrogens (tertiary/aromatic N) is 1. The van der Waals surface area contributed by atoms with Crippen LogP contribution in [0.2, 0.25) is 0 Å². The van der Waals surface area contributed by atoms with Crippen LogP contribution in [0.3, 0.4) is 0 Å². The van der Waals surface area contributed by atoms with Gasteiger partial charge in [-0.2, -0.15) is 0 Å².